The van der Waals surface area contributed by atoms with Gasteiger partial charge >= 0.3 is 0 Å². The van der Waals surface area contributed by atoms with Gasteiger partial charge in [0.05, 0.1) is 5.69 Å². The van der Waals surface area contributed by atoms with E-state index in [9.17, 15) is 4.79 Å². The molecule has 1 saturated heterocycles. The third-order valence-corrected chi connectivity index (χ3v) is 4.56. The van der Waals surface area contributed by atoms with Gasteiger partial charge < -0.3 is 15.2 Å². The molecule has 1 aliphatic heterocycles. The predicted octanol–water partition coefficient (Wildman–Crippen LogP) is 3.02. The summed E-state index contributed by atoms with van der Waals surface area (Å²) in [6.45, 7) is 3.85. The molecule has 0 aliphatic carbocycles. The van der Waals surface area contributed by atoms with Gasteiger partial charge in [-0.15, -0.1) is 0 Å². The number of anilines is 1. The Kier molecular flexibility index (Phi) is 4.86. The van der Waals surface area contributed by atoms with Crippen molar-refractivity contribution < 1.29 is 4.79 Å². The second-order valence-corrected chi connectivity index (χ2v) is 6.14. The number of H-pyrrole nitrogens is 1. The molecule has 1 aromatic heterocycles. The summed E-state index contributed by atoms with van der Waals surface area (Å²) in [5.41, 5.74) is 2.04. The lowest BCUT2D eigenvalue weighted by molar-refractivity contribution is 0.0921. The number of amides is 1. The average molecular weight is 333 g/mol. The third-order valence-electron chi connectivity index (χ3n) is 4.25. The molecule has 1 aromatic carbocycles. The number of aryl methyl sites for hydroxylation is 1. The van der Waals surface area contributed by atoms with Crippen LogP contribution in [0.15, 0.2) is 30.3 Å². The van der Waals surface area contributed by atoms with Crippen LogP contribution in [-0.2, 0) is 6.42 Å². The van der Waals surface area contributed by atoms with Crippen molar-refractivity contribution in [3.05, 3.63) is 47.0 Å². The lowest BCUT2D eigenvalue weighted by Gasteiger charge is -2.33. The topological polar surface area (TPSA) is 61.0 Å². The Morgan fingerprint density at radius 1 is 1.35 bits per heavy atom. The first-order valence-electron chi connectivity index (χ1n) is 8.02. The minimum Gasteiger partial charge on any atom is -0.371 e. The van der Waals surface area contributed by atoms with E-state index in [-0.39, 0.29) is 11.9 Å². The monoisotopic (exact) mass is 332 g/mol. The fourth-order valence-corrected chi connectivity index (χ4v) is 3.17. The smallest absolute Gasteiger partial charge is 0.287 e. The summed E-state index contributed by atoms with van der Waals surface area (Å²) >= 11 is 5.99. The Balaban J connectivity index is 1.55. The molecule has 0 spiro atoms. The summed E-state index contributed by atoms with van der Waals surface area (Å²) in [7, 11) is 0. The van der Waals surface area contributed by atoms with Crippen LogP contribution in [0.25, 0.3) is 0 Å². The minimum atomic E-state index is -0.176. The highest BCUT2D eigenvalue weighted by Crippen LogP contribution is 2.20. The van der Waals surface area contributed by atoms with E-state index in [1.807, 2.05) is 13.0 Å². The highest BCUT2D eigenvalue weighted by Gasteiger charge is 2.23. The molecule has 23 heavy (non-hydrogen) atoms. The number of aromatic nitrogens is 2. The Morgan fingerprint density at radius 3 is 2.65 bits per heavy atom. The molecule has 3 rings (SSSR count). The lowest BCUT2D eigenvalue weighted by Crippen LogP contribution is -2.45. The molecule has 0 unspecified atom stereocenters. The lowest BCUT2D eigenvalue weighted by atomic mass is 10.0. The normalized spacial score (nSPS) is 15.7. The van der Waals surface area contributed by atoms with Gasteiger partial charge in [-0.25, -0.2) is 4.98 Å². The van der Waals surface area contributed by atoms with E-state index in [0.717, 1.165) is 38.0 Å². The van der Waals surface area contributed by atoms with Gasteiger partial charge in [-0.1, -0.05) is 36.7 Å². The summed E-state index contributed by atoms with van der Waals surface area (Å²) in [5, 5.41) is 3.44. The number of para-hydroxylation sites is 1. The summed E-state index contributed by atoms with van der Waals surface area (Å²) in [6, 6.07) is 10.5. The van der Waals surface area contributed by atoms with Crippen LogP contribution in [-0.4, -0.2) is 35.0 Å². The fourth-order valence-electron chi connectivity index (χ4n) is 2.90. The van der Waals surface area contributed by atoms with Crippen LogP contribution < -0.4 is 10.2 Å². The maximum absolute atomic E-state index is 12.3. The SMILES string of the molecule is CCc1[nH]c(C(=O)NC2CCN(c3ccccc3)CC2)nc1Cl. The van der Waals surface area contributed by atoms with E-state index in [0.29, 0.717) is 11.0 Å². The fraction of sp³-hybridized carbons (Fsp3) is 0.412. The number of rotatable bonds is 4. The zero-order chi connectivity index (χ0) is 16.2. The molecule has 0 bridgehead atoms. The maximum atomic E-state index is 12.3. The molecule has 2 N–H and O–H groups in total. The molecule has 122 valence electrons. The summed E-state index contributed by atoms with van der Waals surface area (Å²) in [4.78, 5) is 21.7. The molecule has 6 heteroatoms. The van der Waals surface area contributed by atoms with Crippen molar-refractivity contribution in [3.8, 4) is 0 Å². The van der Waals surface area contributed by atoms with Gasteiger partial charge in [-0.05, 0) is 31.4 Å². The van der Waals surface area contributed by atoms with Gasteiger partial charge in [0.25, 0.3) is 5.91 Å². The number of carbonyl (C=O) groups is 1. The molecule has 2 heterocycles. The number of benzene rings is 1. The minimum absolute atomic E-state index is 0.176. The number of carbonyl (C=O) groups excluding carboxylic acids is 1. The molecule has 1 fully saturated rings. The number of nitrogens with one attached hydrogen (secondary N) is 2. The summed E-state index contributed by atoms with van der Waals surface area (Å²) in [5.74, 6) is 0.127. The van der Waals surface area contributed by atoms with Crippen LogP contribution in [0.3, 0.4) is 0 Å². The van der Waals surface area contributed by atoms with Crippen LogP contribution in [0.5, 0.6) is 0 Å². The van der Waals surface area contributed by atoms with E-state index >= 15 is 0 Å². The van der Waals surface area contributed by atoms with Gasteiger partial charge in [0, 0.05) is 24.8 Å². The number of imidazole rings is 1. The van der Waals surface area contributed by atoms with E-state index in [1.54, 1.807) is 0 Å². The number of hydrogen-bond acceptors (Lipinski definition) is 3. The zero-order valence-electron chi connectivity index (χ0n) is 13.2. The largest absolute Gasteiger partial charge is 0.371 e. The van der Waals surface area contributed by atoms with Crippen LogP contribution >= 0.6 is 11.6 Å². The van der Waals surface area contributed by atoms with Gasteiger partial charge in [0.2, 0.25) is 0 Å². The van der Waals surface area contributed by atoms with Gasteiger partial charge in [0.15, 0.2) is 11.0 Å². The standard InChI is InChI=1S/C17H21ClN4O/c1-2-14-15(18)21-16(20-14)17(23)19-12-8-10-22(11-9-12)13-6-4-3-5-7-13/h3-7,12H,2,8-11H2,1H3,(H,19,23)(H,20,21). The molecular formula is C17H21ClN4O. The van der Waals surface area contributed by atoms with Crippen molar-refractivity contribution in [1.82, 2.24) is 15.3 Å². The second kappa shape index (κ2) is 7.04. The Bertz CT molecular complexity index is 662. The van der Waals surface area contributed by atoms with Crippen LogP contribution in [0.1, 0.15) is 36.1 Å². The Labute approximate surface area is 141 Å². The van der Waals surface area contributed by atoms with Gasteiger partial charge in [0.1, 0.15) is 0 Å². The summed E-state index contributed by atoms with van der Waals surface area (Å²) in [6.07, 6.45) is 2.58. The van der Waals surface area contributed by atoms with Crippen molar-refractivity contribution in [2.75, 3.05) is 18.0 Å². The third kappa shape index (κ3) is 3.67. The molecule has 0 saturated carbocycles. The van der Waals surface area contributed by atoms with E-state index in [1.165, 1.54) is 5.69 Å². The molecule has 2 aromatic rings. The van der Waals surface area contributed by atoms with Crippen molar-refractivity contribution in [3.63, 3.8) is 0 Å². The van der Waals surface area contributed by atoms with Crippen molar-refractivity contribution in [2.24, 2.45) is 0 Å². The van der Waals surface area contributed by atoms with E-state index < -0.39 is 0 Å². The number of halogens is 1. The molecular weight excluding hydrogens is 312 g/mol. The highest BCUT2D eigenvalue weighted by molar-refractivity contribution is 6.30. The van der Waals surface area contributed by atoms with Gasteiger partial charge in [-0.3, -0.25) is 4.79 Å². The number of aromatic amines is 1. The van der Waals surface area contributed by atoms with Crippen LogP contribution in [0.4, 0.5) is 5.69 Å². The van der Waals surface area contributed by atoms with Crippen LogP contribution in [0, 0.1) is 0 Å². The van der Waals surface area contributed by atoms with E-state index in [2.05, 4.69) is 44.5 Å². The second-order valence-electron chi connectivity index (χ2n) is 5.78. The Morgan fingerprint density at radius 2 is 2.04 bits per heavy atom. The molecule has 0 atom stereocenters. The Hall–Kier alpha value is -2.01. The van der Waals surface area contributed by atoms with E-state index in [4.69, 9.17) is 11.6 Å². The van der Waals surface area contributed by atoms with Crippen molar-refractivity contribution in [2.45, 2.75) is 32.2 Å². The first-order valence-corrected chi connectivity index (χ1v) is 8.40. The molecule has 0 radical (unpaired) electrons. The molecule has 5 nitrogen and oxygen atoms in total. The average Bonchev–Trinajstić information content (AvgIpc) is 2.97. The predicted molar refractivity (Wildman–Crippen MR) is 92.1 cm³/mol. The van der Waals surface area contributed by atoms with Crippen molar-refractivity contribution in [1.29, 1.82) is 0 Å². The first kappa shape index (κ1) is 15.9. The quantitative estimate of drug-likeness (QED) is 0.904. The summed E-state index contributed by atoms with van der Waals surface area (Å²) < 4.78 is 0. The highest BCUT2D eigenvalue weighted by atomic mass is 35.5. The van der Waals surface area contributed by atoms with Gasteiger partial charge in [-0.2, -0.15) is 0 Å². The molecule has 1 amide bonds. The number of piperidine rings is 1. The van der Waals surface area contributed by atoms with Crippen LogP contribution in [0.2, 0.25) is 5.15 Å². The first-order chi connectivity index (χ1) is 11.2. The number of nitrogens with zero attached hydrogens (tertiary/aromatic N) is 2. The zero-order valence-corrected chi connectivity index (χ0v) is 13.9. The maximum Gasteiger partial charge on any atom is 0.287 e. The molecule has 1 aliphatic rings. The van der Waals surface area contributed by atoms with Crippen molar-refractivity contribution >= 4 is 23.2 Å². The number of hydrogen-bond donors (Lipinski definition) is 2.